The first-order valence-electron chi connectivity index (χ1n) is 17.8. The molecule has 4 aromatic rings. The lowest BCUT2D eigenvalue weighted by Crippen LogP contribution is -2.56. The number of fused-ring (bicyclic) bond motifs is 1. The second-order valence-corrected chi connectivity index (χ2v) is 15.0. The zero-order valence-electron chi connectivity index (χ0n) is 29.8. The van der Waals surface area contributed by atoms with Crippen molar-refractivity contribution in [3.8, 4) is 28.7 Å². The number of carboxylic acid groups (broad SMARTS) is 1. The normalized spacial score (nSPS) is 16.5. The van der Waals surface area contributed by atoms with E-state index in [4.69, 9.17) is 21.3 Å². The van der Waals surface area contributed by atoms with Crippen LogP contribution in [0, 0.1) is 5.92 Å². The second kappa shape index (κ2) is 16.1. The van der Waals surface area contributed by atoms with E-state index in [9.17, 15) is 19.5 Å². The minimum Gasteiger partial charge on any atom is -0.480 e. The molecule has 0 radical (unpaired) electrons. The predicted octanol–water partition coefficient (Wildman–Crippen LogP) is 8.75. The highest BCUT2D eigenvalue weighted by Crippen LogP contribution is 2.34. The number of nitrogens with one attached hydrogen (secondary N) is 1. The monoisotopic (exact) mass is 724 g/mol. The maximum atomic E-state index is 14.0. The molecule has 6 rings (SSSR count). The number of hydrogen-bond donors (Lipinski definition) is 2. The SMILES string of the molecule is CC(C)(C)c1ccc(Oc2ccc3c(c2)C[C@@H](C(=O)N[C@@H](Cc2ccc(Oc4ccc(OCl)cc4)cc2)C(=O)O)N(C(=O)CC2CCCC2)C3)cc1. The van der Waals surface area contributed by atoms with Gasteiger partial charge in [-0.2, -0.15) is 0 Å². The minimum absolute atomic E-state index is 0.0233. The molecule has 0 saturated heterocycles. The van der Waals surface area contributed by atoms with Crippen LogP contribution in [0.15, 0.2) is 91.0 Å². The van der Waals surface area contributed by atoms with Crippen molar-refractivity contribution in [3.05, 3.63) is 113 Å². The third-order valence-corrected chi connectivity index (χ3v) is 10.1. The lowest BCUT2D eigenvalue weighted by atomic mass is 9.87. The first-order chi connectivity index (χ1) is 24.9. The van der Waals surface area contributed by atoms with Gasteiger partial charge in [-0.25, -0.2) is 4.79 Å². The highest BCUT2D eigenvalue weighted by atomic mass is 35.5. The third-order valence-electron chi connectivity index (χ3n) is 9.95. The maximum absolute atomic E-state index is 14.0. The van der Waals surface area contributed by atoms with Gasteiger partial charge in [-0.1, -0.05) is 63.9 Å². The van der Waals surface area contributed by atoms with E-state index in [1.54, 1.807) is 53.4 Å². The molecular weight excluding hydrogens is 680 g/mol. The molecule has 1 aliphatic carbocycles. The standard InChI is InChI=1S/C42H45ClN2O7/c1-42(2,3)31-11-16-33(17-12-31)51-36-15-10-29-26-45(39(46)23-27-6-4-5-7-27)38(25-30(29)24-36)40(47)44-37(41(48)49)22-28-8-13-32(14-9-28)50-34-18-20-35(52-43)21-19-34/h8-21,24,27,37-38H,4-7,22-23,25-26H2,1-3H3,(H,44,47)(H,48,49)/t37-,38-/m0/s1. The number of ether oxygens (including phenoxy) is 2. The number of nitrogens with zero attached hydrogens (tertiary/aromatic N) is 1. The van der Waals surface area contributed by atoms with Crippen LogP contribution in [-0.4, -0.2) is 39.9 Å². The minimum atomic E-state index is -1.21. The predicted molar refractivity (Wildman–Crippen MR) is 199 cm³/mol. The van der Waals surface area contributed by atoms with Gasteiger partial charge in [0.25, 0.3) is 0 Å². The smallest absolute Gasteiger partial charge is 0.326 e. The van der Waals surface area contributed by atoms with Gasteiger partial charge in [-0.05, 0) is 107 Å². The Bertz CT molecular complexity index is 1860. The van der Waals surface area contributed by atoms with Gasteiger partial charge in [-0.3, -0.25) is 9.59 Å². The molecule has 0 spiro atoms. The lowest BCUT2D eigenvalue weighted by Gasteiger charge is -2.37. The highest BCUT2D eigenvalue weighted by Gasteiger charge is 2.37. The molecule has 0 unspecified atom stereocenters. The first-order valence-corrected chi connectivity index (χ1v) is 18.1. The molecule has 10 heteroatoms. The molecule has 2 N–H and O–H groups in total. The summed E-state index contributed by atoms with van der Waals surface area (Å²) in [5, 5.41) is 12.9. The van der Waals surface area contributed by atoms with E-state index in [2.05, 4.69) is 42.5 Å². The van der Waals surface area contributed by atoms with Crippen LogP contribution in [0.1, 0.15) is 75.1 Å². The summed E-state index contributed by atoms with van der Waals surface area (Å²) in [7, 11) is 0. The summed E-state index contributed by atoms with van der Waals surface area (Å²) in [6, 6.07) is 25.5. The Hall–Kier alpha value is -5.02. The van der Waals surface area contributed by atoms with Crippen molar-refractivity contribution in [1.82, 2.24) is 10.2 Å². The average Bonchev–Trinajstić information content (AvgIpc) is 3.64. The van der Waals surface area contributed by atoms with E-state index in [1.807, 2.05) is 30.3 Å². The van der Waals surface area contributed by atoms with E-state index in [-0.39, 0.29) is 30.7 Å². The Balaban J connectivity index is 1.17. The van der Waals surface area contributed by atoms with Gasteiger partial charge < -0.3 is 29.1 Å². The Morgan fingerprint density at radius 2 is 1.37 bits per heavy atom. The molecule has 4 aromatic carbocycles. The van der Waals surface area contributed by atoms with E-state index < -0.39 is 24.0 Å². The molecule has 1 fully saturated rings. The molecule has 2 amide bonds. The van der Waals surface area contributed by atoms with Crippen LogP contribution in [0.3, 0.4) is 0 Å². The number of carboxylic acids is 1. The summed E-state index contributed by atoms with van der Waals surface area (Å²) in [6.45, 7) is 6.75. The maximum Gasteiger partial charge on any atom is 0.326 e. The Kier molecular flexibility index (Phi) is 11.4. The lowest BCUT2D eigenvalue weighted by molar-refractivity contribution is -0.145. The molecule has 272 valence electrons. The Morgan fingerprint density at radius 3 is 1.96 bits per heavy atom. The van der Waals surface area contributed by atoms with Gasteiger partial charge in [-0.15, -0.1) is 0 Å². The molecule has 1 heterocycles. The van der Waals surface area contributed by atoms with Gasteiger partial charge in [0.1, 0.15) is 52.7 Å². The molecule has 1 saturated carbocycles. The molecular formula is C42H45ClN2O7. The summed E-state index contributed by atoms with van der Waals surface area (Å²) in [5.41, 5.74) is 3.76. The molecule has 1 aliphatic heterocycles. The van der Waals surface area contributed by atoms with Crippen LogP contribution >= 0.6 is 11.9 Å². The molecule has 9 nitrogen and oxygen atoms in total. The van der Waals surface area contributed by atoms with E-state index >= 15 is 0 Å². The van der Waals surface area contributed by atoms with E-state index in [1.165, 1.54) is 5.56 Å². The third kappa shape index (κ3) is 9.25. The molecule has 2 aliphatic rings. The number of carbonyl (C=O) groups excluding carboxylic acids is 2. The Labute approximate surface area is 310 Å². The van der Waals surface area contributed by atoms with Gasteiger partial charge in [0, 0.05) is 25.8 Å². The highest BCUT2D eigenvalue weighted by molar-refractivity contribution is 6.09. The second-order valence-electron chi connectivity index (χ2n) is 14.8. The number of halogens is 1. The summed E-state index contributed by atoms with van der Waals surface area (Å²) in [4.78, 5) is 41.9. The number of benzene rings is 4. The van der Waals surface area contributed by atoms with E-state index in [0.29, 0.717) is 46.6 Å². The van der Waals surface area contributed by atoms with Crippen LogP contribution in [0.4, 0.5) is 0 Å². The van der Waals surface area contributed by atoms with E-state index in [0.717, 1.165) is 36.8 Å². The zero-order valence-corrected chi connectivity index (χ0v) is 30.5. The van der Waals surface area contributed by atoms with Crippen molar-refractivity contribution in [2.45, 2.75) is 89.8 Å². The van der Waals surface area contributed by atoms with Crippen molar-refractivity contribution in [2.24, 2.45) is 5.92 Å². The van der Waals surface area contributed by atoms with Crippen molar-refractivity contribution in [3.63, 3.8) is 0 Å². The zero-order chi connectivity index (χ0) is 36.8. The van der Waals surface area contributed by atoms with Crippen LogP contribution in [0.5, 0.6) is 28.7 Å². The average molecular weight is 725 g/mol. The van der Waals surface area contributed by atoms with Crippen LogP contribution in [0.25, 0.3) is 0 Å². The number of carbonyl (C=O) groups is 3. The largest absolute Gasteiger partial charge is 0.480 e. The summed E-state index contributed by atoms with van der Waals surface area (Å²) < 4.78 is 16.7. The molecule has 0 aromatic heterocycles. The van der Waals surface area contributed by atoms with Gasteiger partial charge in [0.15, 0.2) is 0 Å². The molecule has 2 atom stereocenters. The fourth-order valence-electron chi connectivity index (χ4n) is 6.95. The van der Waals surface area contributed by atoms with Crippen molar-refractivity contribution >= 4 is 29.6 Å². The van der Waals surface area contributed by atoms with Gasteiger partial charge in [0.2, 0.25) is 11.8 Å². The number of rotatable bonds is 12. The quantitative estimate of drug-likeness (QED) is 0.150. The number of hydrogen-bond acceptors (Lipinski definition) is 6. The summed E-state index contributed by atoms with van der Waals surface area (Å²) >= 11 is 5.38. The van der Waals surface area contributed by atoms with Crippen molar-refractivity contribution in [1.29, 1.82) is 0 Å². The molecule has 52 heavy (non-hydrogen) atoms. The van der Waals surface area contributed by atoms with Crippen molar-refractivity contribution in [2.75, 3.05) is 0 Å². The van der Waals surface area contributed by atoms with Gasteiger partial charge >= 0.3 is 5.97 Å². The van der Waals surface area contributed by atoms with Crippen LogP contribution in [-0.2, 0) is 39.2 Å². The number of aliphatic carboxylic acids is 1. The molecule has 0 bridgehead atoms. The van der Waals surface area contributed by atoms with Gasteiger partial charge in [0.05, 0.1) is 0 Å². The summed E-state index contributed by atoms with van der Waals surface area (Å²) in [6.07, 6.45) is 4.90. The Morgan fingerprint density at radius 1 is 0.808 bits per heavy atom. The first kappa shape index (κ1) is 36.8. The van der Waals surface area contributed by atoms with Crippen molar-refractivity contribution < 1.29 is 33.3 Å². The fourth-order valence-corrected chi connectivity index (χ4v) is 7.05. The van der Waals surface area contributed by atoms with Crippen LogP contribution < -0.4 is 19.1 Å². The summed E-state index contributed by atoms with van der Waals surface area (Å²) in [5.74, 6) is 1.52. The fraction of sp³-hybridized carbons (Fsp3) is 0.357. The van der Waals surface area contributed by atoms with Crippen LogP contribution in [0.2, 0.25) is 0 Å². The topological polar surface area (TPSA) is 114 Å². The number of amides is 2.